The van der Waals surface area contributed by atoms with Gasteiger partial charge in [0.15, 0.2) is 11.5 Å². The zero-order valence-electron chi connectivity index (χ0n) is 7.59. The van der Waals surface area contributed by atoms with Crippen molar-refractivity contribution in [2.45, 2.75) is 12.8 Å². The summed E-state index contributed by atoms with van der Waals surface area (Å²) in [5, 5.41) is 9.57. The molecule has 1 rings (SSSR count). The topological polar surface area (TPSA) is 29.5 Å². The zero-order valence-corrected chi connectivity index (χ0v) is 7.59. The van der Waals surface area contributed by atoms with Crippen LogP contribution < -0.4 is 4.74 Å². The van der Waals surface area contributed by atoms with Gasteiger partial charge < -0.3 is 9.84 Å². The van der Waals surface area contributed by atoms with E-state index in [1.165, 1.54) is 7.11 Å². The van der Waals surface area contributed by atoms with E-state index in [2.05, 4.69) is 0 Å². The number of phenolic OH excluding ortho intramolecular Hbond substituents is 1. The quantitative estimate of drug-likeness (QED) is 0.778. The number of alkyl halides is 1. The lowest BCUT2D eigenvalue weighted by Crippen LogP contribution is -1.90. The molecule has 0 aliphatic rings. The van der Waals surface area contributed by atoms with Crippen LogP contribution in [0.15, 0.2) is 18.2 Å². The number of hydrogen-bond donors (Lipinski definition) is 1. The second-order valence-electron chi connectivity index (χ2n) is 2.76. The van der Waals surface area contributed by atoms with Crippen molar-refractivity contribution in [3.05, 3.63) is 23.8 Å². The van der Waals surface area contributed by atoms with E-state index in [0.717, 1.165) is 5.56 Å². The Bertz CT molecular complexity index is 274. The predicted molar refractivity (Wildman–Crippen MR) is 49.0 cm³/mol. The Kier molecular flexibility index (Phi) is 3.55. The molecule has 0 aliphatic heterocycles. The SMILES string of the molecule is COc1cccc(CCCF)c1O. The maximum absolute atomic E-state index is 11.9. The Morgan fingerprint density at radius 3 is 2.85 bits per heavy atom. The van der Waals surface area contributed by atoms with Gasteiger partial charge in [0.05, 0.1) is 13.8 Å². The van der Waals surface area contributed by atoms with Gasteiger partial charge in [0.1, 0.15) is 0 Å². The first-order chi connectivity index (χ1) is 6.29. The van der Waals surface area contributed by atoms with E-state index in [0.29, 0.717) is 18.6 Å². The molecule has 2 nitrogen and oxygen atoms in total. The van der Waals surface area contributed by atoms with Crippen molar-refractivity contribution < 1.29 is 14.2 Å². The summed E-state index contributed by atoms with van der Waals surface area (Å²) in [6.45, 7) is -0.364. The van der Waals surface area contributed by atoms with Gasteiger partial charge in [-0.2, -0.15) is 0 Å². The average molecular weight is 184 g/mol. The molecule has 0 atom stereocenters. The lowest BCUT2D eigenvalue weighted by atomic mass is 10.1. The van der Waals surface area contributed by atoms with Crippen molar-refractivity contribution in [2.75, 3.05) is 13.8 Å². The molecule has 0 amide bonds. The average Bonchev–Trinajstić information content (AvgIpc) is 2.16. The van der Waals surface area contributed by atoms with E-state index in [1.807, 2.05) is 0 Å². The van der Waals surface area contributed by atoms with Crippen LogP contribution in [0.1, 0.15) is 12.0 Å². The summed E-state index contributed by atoms with van der Waals surface area (Å²) >= 11 is 0. The van der Waals surface area contributed by atoms with E-state index < -0.39 is 0 Å². The molecule has 1 aromatic rings. The van der Waals surface area contributed by atoms with Gasteiger partial charge in [-0.15, -0.1) is 0 Å². The number of halogens is 1. The first-order valence-electron chi connectivity index (χ1n) is 4.20. The molecule has 0 aliphatic carbocycles. The van der Waals surface area contributed by atoms with Gasteiger partial charge in [0, 0.05) is 0 Å². The third-order valence-electron chi connectivity index (χ3n) is 1.88. The van der Waals surface area contributed by atoms with Crippen LogP contribution in [0.3, 0.4) is 0 Å². The Morgan fingerprint density at radius 1 is 1.46 bits per heavy atom. The van der Waals surface area contributed by atoms with Crippen LogP contribution in [0.2, 0.25) is 0 Å². The fourth-order valence-corrected chi connectivity index (χ4v) is 1.19. The predicted octanol–water partition coefficient (Wildman–Crippen LogP) is 2.30. The Hall–Kier alpha value is -1.25. The van der Waals surface area contributed by atoms with Crippen molar-refractivity contribution in [2.24, 2.45) is 0 Å². The van der Waals surface area contributed by atoms with Crippen molar-refractivity contribution >= 4 is 0 Å². The van der Waals surface area contributed by atoms with Gasteiger partial charge in [0.25, 0.3) is 0 Å². The lowest BCUT2D eigenvalue weighted by Gasteiger charge is -2.07. The van der Waals surface area contributed by atoms with E-state index in [-0.39, 0.29) is 12.4 Å². The summed E-state index contributed by atoms with van der Waals surface area (Å²) in [7, 11) is 1.49. The van der Waals surface area contributed by atoms with Crippen molar-refractivity contribution in [3.8, 4) is 11.5 Å². The summed E-state index contributed by atoms with van der Waals surface area (Å²) in [6, 6.07) is 5.23. The lowest BCUT2D eigenvalue weighted by molar-refractivity contribution is 0.369. The number of aryl methyl sites for hydroxylation is 1. The van der Waals surface area contributed by atoms with Crippen LogP contribution in [-0.4, -0.2) is 18.9 Å². The Balaban J connectivity index is 2.81. The highest BCUT2D eigenvalue weighted by atomic mass is 19.1. The number of benzene rings is 1. The number of methoxy groups -OCH3 is 1. The van der Waals surface area contributed by atoms with Crippen molar-refractivity contribution in [1.29, 1.82) is 0 Å². The van der Waals surface area contributed by atoms with Crippen LogP contribution in [0.4, 0.5) is 4.39 Å². The molecule has 0 spiro atoms. The smallest absolute Gasteiger partial charge is 0.160 e. The zero-order chi connectivity index (χ0) is 9.68. The molecule has 0 saturated carbocycles. The van der Waals surface area contributed by atoms with Gasteiger partial charge in [-0.05, 0) is 24.5 Å². The number of para-hydroxylation sites is 1. The van der Waals surface area contributed by atoms with Crippen LogP contribution in [-0.2, 0) is 6.42 Å². The minimum atomic E-state index is -0.364. The molecule has 1 N–H and O–H groups in total. The van der Waals surface area contributed by atoms with Gasteiger partial charge in [0.2, 0.25) is 0 Å². The number of rotatable bonds is 4. The molecule has 13 heavy (non-hydrogen) atoms. The van der Waals surface area contributed by atoms with Crippen LogP contribution in [0.25, 0.3) is 0 Å². The van der Waals surface area contributed by atoms with Crippen LogP contribution in [0, 0.1) is 0 Å². The van der Waals surface area contributed by atoms with Crippen molar-refractivity contribution in [1.82, 2.24) is 0 Å². The fourth-order valence-electron chi connectivity index (χ4n) is 1.19. The number of phenols is 1. The third-order valence-corrected chi connectivity index (χ3v) is 1.88. The molecule has 72 valence electrons. The molecule has 3 heteroatoms. The van der Waals surface area contributed by atoms with Crippen LogP contribution in [0.5, 0.6) is 11.5 Å². The summed E-state index contributed by atoms with van der Waals surface area (Å²) in [5.74, 6) is 0.565. The highest BCUT2D eigenvalue weighted by Crippen LogP contribution is 2.29. The highest BCUT2D eigenvalue weighted by Gasteiger charge is 2.05. The second kappa shape index (κ2) is 4.70. The maximum Gasteiger partial charge on any atom is 0.160 e. The summed E-state index contributed by atoms with van der Waals surface area (Å²) in [4.78, 5) is 0. The first kappa shape index (κ1) is 9.84. The number of hydrogen-bond acceptors (Lipinski definition) is 2. The number of ether oxygens (including phenoxy) is 1. The maximum atomic E-state index is 11.9. The molecule has 0 bridgehead atoms. The molecule has 1 aromatic carbocycles. The van der Waals surface area contributed by atoms with Gasteiger partial charge >= 0.3 is 0 Å². The molecule has 0 fully saturated rings. The minimum Gasteiger partial charge on any atom is -0.504 e. The summed E-state index contributed by atoms with van der Waals surface area (Å²) in [6.07, 6.45) is 0.972. The second-order valence-corrected chi connectivity index (χ2v) is 2.76. The fraction of sp³-hybridized carbons (Fsp3) is 0.400. The van der Waals surface area contributed by atoms with E-state index in [4.69, 9.17) is 4.74 Å². The molecule has 0 unspecified atom stereocenters. The molecular formula is C10H13FO2. The monoisotopic (exact) mass is 184 g/mol. The standard InChI is InChI=1S/C10H13FO2/c1-13-9-6-2-4-8(10(9)12)5-3-7-11/h2,4,6,12H,3,5,7H2,1H3. The minimum absolute atomic E-state index is 0.124. The Morgan fingerprint density at radius 2 is 2.23 bits per heavy atom. The van der Waals surface area contributed by atoms with E-state index in [9.17, 15) is 9.50 Å². The molecular weight excluding hydrogens is 171 g/mol. The summed E-state index contributed by atoms with van der Waals surface area (Å²) in [5.41, 5.74) is 0.733. The first-order valence-corrected chi connectivity index (χ1v) is 4.20. The van der Waals surface area contributed by atoms with Gasteiger partial charge in [-0.25, -0.2) is 0 Å². The molecule has 0 radical (unpaired) electrons. The van der Waals surface area contributed by atoms with Gasteiger partial charge in [-0.1, -0.05) is 12.1 Å². The molecule has 0 aromatic heterocycles. The molecule has 0 heterocycles. The largest absolute Gasteiger partial charge is 0.504 e. The normalized spacial score (nSPS) is 10.0. The third kappa shape index (κ3) is 2.34. The van der Waals surface area contributed by atoms with Gasteiger partial charge in [-0.3, -0.25) is 4.39 Å². The highest BCUT2D eigenvalue weighted by molar-refractivity contribution is 5.45. The molecule has 0 saturated heterocycles. The number of aromatic hydroxyl groups is 1. The van der Waals surface area contributed by atoms with Crippen molar-refractivity contribution in [3.63, 3.8) is 0 Å². The Labute approximate surface area is 77.0 Å². The van der Waals surface area contributed by atoms with Crippen LogP contribution >= 0.6 is 0 Å². The van der Waals surface area contributed by atoms with E-state index in [1.54, 1.807) is 18.2 Å². The summed E-state index contributed by atoms with van der Waals surface area (Å²) < 4.78 is 16.8. The van der Waals surface area contributed by atoms with E-state index >= 15 is 0 Å².